The fraction of sp³-hybridized carbons (Fsp3) is 0.391. The highest BCUT2D eigenvalue weighted by Gasteiger charge is 2.20. The molecule has 0 aliphatic carbocycles. The lowest BCUT2D eigenvalue weighted by molar-refractivity contribution is -0.120. The van der Waals surface area contributed by atoms with Gasteiger partial charge in [0, 0.05) is 12.6 Å². The zero-order chi connectivity index (χ0) is 20.0. The predicted molar refractivity (Wildman–Crippen MR) is 111 cm³/mol. The van der Waals surface area contributed by atoms with Gasteiger partial charge in [-0.05, 0) is 28.5 Å². The van der Waals surface area contributed by atoms with E-state index in [1.807, 2.05) is 36.4 Å². The Morgan fingerprint density at radius 3 is 1.89 bits per heavy atom. The van der Waals surface area contributed by atoms with Gasteiger partial charge in [0.2, 0.25) is 11.8 Å². The first-order chi connectivity index (χ1) is 12.8. The largest absolute Gasteiger partial charge is 0.349 e. The quantitative estimate of drug-likeness (QED) is 0.713. The summed E-state index contributed by atoms with van der Waals surface area (Å²) in [5.74, 6) is 0.355. The Morgan fingerprint density at radius 2 is 1.41 bits per heavy atom. The van der Waals surface area contributed by atoms with Gasteiger partial charge in [0.15, 0.2) is 0 Å². The predicted octanol–water partition coefficient (Wildman–Crippen LogP) is 5.14. The Morgan fingerprint density at radius 1 is 0.852 bits per heavy atom. The third-order valence-electron chi connectivity index (χ3n) is 4.61. The van der Waals surface area contributed by atoms with Crippen LogP contribution in [0.25, 0.3) is 0 Å². The third kappa shape index (κ3) is 5.68. The molecule has 0 aliphatic heterocycles. The summed E-state index contributed by atoms with van der Waals surface area (Å²) in [5, 5.41) is 6.01. The molecule has 4 nitrogen and oxygen atoms in total. The molecule has 1 atom stereocenters. The van der Waals surface area contributed by atoms with Crippen molar-refractivity contribution in [2.75, 3.05) is 5.32 Å². The van der Waals surface area contributed by atoms with Crippen molar-refractivity contribution >= 4 is 17.5 Å². The van der Waals surface area contributed by atoms with Gasteiger partial charge in [0.1, 0.15) is 0 Å². The summed E-state index contributed by atoms with van der Waals surface area (Å²) < 4.78 is 0. The van der Waals surface area contributed by atoms with Crippen LogP contribution >= 0.6 is 0 Å². The second-order valence-electron chi connectivity index (χ2n) is 7.54. The molecule has 144 valence electrons. The van der Waals surface area contributed by atoms with Crippen molar-refractivity contribution < 1.29 is 9.59 Å². The van der Waals surface area contributed by atoms with Gasteiger partial charge in [-0.1, -0.05) is 76.2 Å². The number of para-hydroxylation sites is 1. The van der Waals surface area contributed by atoms with Gasteiger partial charge in [-0.15, -0.1) is 0 Å². The first-order valence-electron chi connectivity index (χ1n) is 9.54. The molecule has 2 rings (SSSR count). The fourth-order valence-electron chi connectivity index (χ4n) is 3.25. The summed E-state index contributed by atoms with van der Waals surface area (Å²) in [6.45, 7) is 9.97. The van der Waals surface area contributed by atoms with E-state index in [2.05, 4.69) is 50.5 Å². The van der Waals surface area contributed by atoms with Gasteiger partial charge in [0.25, 0.3) is 0 Å². The van der Waals surface area contributed by atoms with E-state index >= 15 is 0 Å². The van der Waals surface area contributed by atoms with Crippen molar-refractivity contribution in [2.24, 2.45) is 0 Å². The molecule has 0 spiro atoms. The van der Waals surface area contributed by atoms with Crippen LogP contribution in [-0.4, -0.2) is 11.8 Å². The molecular formula is C23H30N2O2. The third-order valence-corrected chi connectivity index (χ3v) is 4.61. The number of amides is 2. The molecule has 0 bridgehead atoms. The van der Waals surface area contributed by atoms with E-state index in [0.717, 1.165) is 22.4 Å². The Kier molecular flexibility index (Phi) is 7.17. The van der Waals surface area contributed by atoms with Crippen LogP contribution in [0.1, 0.15) is 75.6 Å². The minimum atomic E-state index is -0.350. The van der Waals surface area contributed by atoms with Gasteiger partial charge < -0.3 is 10.6 Å². The Balaban J connectivity index is 2.26. The van der Waals surface area contributed by atoms with Crippen molar-refractivity contribution in [1.82, 2.24) is 5.32 Å². The number of rotatable bonds is 7. The highest BCUT2D eigenvalue weighted by molar-refractivity contribution is 5.93. The van der Waals surface area contributed by atoms with Gasteiger partial charge in [0.05, 0.1) is 12.5 Å². The van der Waals surface area contributed by atoms with Crippen molar-refractivity contribution in [3.63, 3.8) is 0 Å². The van der Waals surface area contributed by atoms with E-state index in [0.29, 0.717) is 11.8 Å². The summed E-state index contributed by atoms with van der Waals surface area (Å²) in [6, 6.07) is 15.4. The molecule has 2 N–H and O–H groups in total. The molecule has 0 fully saturated rings. The molecule has 2 aromatic rings. The van der Waals surface area contributed by atoms with Crippen LogP contribution in [0.4, 0.5) is 5.69 Å². The number of carbonyl (C=O) groups is 2. The van der Waals surface area contributed by atoms with Gasteiger partial charge in [-0.2, -0.15) is 0 Å². The molecular weight excluding hydrogens is 336 g/mol. The van der Waals surface area contributed by atoms with Crippen LogP contribution < -0.4 is 10.6 Å². The summed E-state index contributed by atoms with van der Waals surface area (Å²) in [5.41, 5.74) is 4.09. The number of anilines is 1. The second kappa shape index (κ2) is 9.36. The Labute approximate surface area is 162 Å². The van der Waals surface area contributed by atoms with Crippen LogP contribution in [0.15, 0.2) is 48.5 Å². The van der Waals surface area contributed by atoms with Gasteiger partial charge in [-0.25, -0.2) is 0 Å². The van der Waals surface area contributed by atoms with E-state index in [-0.39, 0.29) is 24.3 Å². The first kappa shape index (κ1) is 20.7. The lowest BCUT2D eigenvalue weighted by Gasteiger charge is -2.22. The molecule has 27 heavy (non-hydrogen) atoms. The zero-order valence-corrected chi connectivity index (χ0v) is 16.9. The number of hydrogen-bond donors (Lipinski definition) is 2. The van der Waals surface area contributed by atoms with Crippen LogP contribution in [0, 0.1) is 0 Å². The van der Waals surface area contributed by atoms with E-state index in [4.69, 9.17) is 0 Å². The van der Waals surface area contributed by atoms with Crippen LogP contribution in [-0.2, 0) is 9.59 Å². The molecule has 0 aliphatic rings. The average molecular weight is 367 g/mol. The second-order valence-corrected chi connectivity index (χ2v) is 7.54. The van der Waals surface area contributed by atoms with Crippen molar-refractivity contribution in [1.29, 1.82) is 0 Å². The Bertz CT molecular complexity index is 756. The maximum atomic E-state index is 12.9. The van der Waals surface area contributed by atoms with Crippen LogP contribution in [0.5, 0.6) is 0 Å². The summed E-state index contributed by atoms with van der Waals surface area (Å²) in [7, 11) is 0. The van der Waals surface area contributed by atoms with Crippen molar-refractivity contribution in [3.05, 3.63) is 65.2 Å². The van der Waals surface area contributed by atoms with E-state index in [1.54, 1.807) is 0 Å². The molecule has 0 heterocycles. The highest BCUT2D eigenvalue weighted by atomic mass is 16.2. The molecule has 4 heteroatoms. The summed E-state index contributed by atoms with van der Waals surface area (Å²) >= 11 is 0. The monoisotopic (exact) mass is 366 g/mol. The highest BCUT2D eigenvalue weighted by Crippen LogP contribution is 2.32. The van der Waals surface area contributed by atoms with E-state index < -0.39 is 0 Å². The van der Waals surface area contributed by atoms with Crippen LogP contribution in [0.3, 0.4) is 0 Å². The summed E-state index contributed by atoms with van der Waals surface area (Å²) in [6.07, 6.45) is 0.188. The normalized spacial score (nSPS) is 12.1. The fourth-order valence-corrected chi connectivity index (χ4v) is 3.25. The smallest absolute Gasteiger partial charge is 0.226 e. The molecule has 0 radical (unpaired) electrons. The van der Waals surface area contributed by atoms with Crippen molar-refractivity contribution in [2.45, 2.75) is 58.9 Å². The molecule has 2 amide bonds. The van der Waals surface area contributed by atoms with Gasteiger partial charge in [-0.3, -0.25) is 9.59 Å². The molecule has 0 unspecified atom stereocenters. The lowest BCUT2D eigenvalue weighted by atomic mass is 9.92. The molecule has 0 aromatic heterocycles. The van der Waals surface area contributed by atoms with Gasteiger partial charge >= 0.3 is 0 Å². The van der Waals surface area contributed by atoms with E-state index in [9.17, 15) is 9.59 Å². The topological polar surface area (TPSA) is 58.2 Å². The lowest BCUT2D eigenvalue weighted by Crippen LogP contribution is -2.30. The summed E-state index contributed by atoms with van der Waals surface area (Å²) in [4.78, 5) is 24.5. The average Bonchev–Trinajstić information content (AvgIpc) is 2.61. The Hall–Kier alpha value is -2.62. The SMILES string of the molecule is CC(=O)N[C@@H](CC(=O)Nc1c(C(C)C)cccc1C(C)C)c1ccccc1. The maximum absolute atomic E-state index is 12.9. The van der Waals surface area contributed by atoms with Crippen molar-refractivity contribution in [3.8, 4) is 0 Å². The number of nitrogens with one attached hydrogen (secondary N) is 2. The molecule has 0 saturated heterocycles. The number of hydrogen-bond acceptors (Lipinski definition) is 2. The first-order valence-corrected chi connectivity index (χ1v) is 9.54. The number of benzene rings is 2. The molecule has 0 saturated carbocycles. The molecule has 2 aromatic carbocycles. The minimum absolute atomic E-state index is 0.104. The standard InChI is InChI=1S/C23H30N2O2/c1-15(2)19-12-9-13-20(16(3)4)23(19)25-22(27)14-21(24-17(5)26)18-10-7-6-8-11-18/h6-13,15-16,21H,14H2,1-5H3,(H,24,26)(H,25,27)/t21-/m0/s1. The van der Waals surface area contributed by atoms with E-state index in [1.165, 1.54) is 6.92 Å². The zero-order valence-electron chi connectivity index (χ0n) is 16.9. The maximum Gasteiger partial charge on any atom is 0.226 e. The van der Waals surface area contributed by atoms with Crippen LogP contribution in [0.2, 0.25) is 0 Å². The number of carbonyl (C=O) groups excluding carboxylic acids is 2. The minimum Gasteiger partial charge on any atom is -0.349 e.